The lowest BCUT2D eigenvalue weighted by molar-refractivity contribution is -0.825. The van der Waals surface area contributed by atoms with Gasteiger partial charge in [-0.15, -0.1) is 0 Å². The van der Waals surface area contributed by atoms with Crippen molar-refractivity contribution in [1.29, 1.82) is 0 Å². The molecule has 2 saturated heterocycles. The van der Waals surface area contributed by atoms with Crippen LogP contribution >= 0.6 is 0 Å². The molecule has 0 aliphatic carbocycles. The maximum Gasteiger partial charge on any atom is 0.217 e. The number of hydrogen-bond acceptors (Lipinski definition) is 24. The maximum absolute atomic E-state index is 11.1. The average Bonchev–Trinajstić information content (AvgIpc) is 2.89. The maximum atomic E-state index is 11.1. The summed E-state index contributed by atoms with van der Waals surface area (Å²) in [5.41, 5.74) is 0. The van der Waals surface area contributed by atoms with Gasteiger partial charge < -0.3 is 49.1 Å². The summed E-state index contributed by atoms with van der Waals surface area (Å²) < 4.78 is 95.9. The number of hydrogen-bond donors (Lipinski definition) is 0. The zero-order chi connectivity index (χ0) is 30.8. The van der Waals surface area contributed by atoms with Crippen LogP contribution in [0.15, 0.2) is 0 Å². The molecule has 0 amide bonds. The summed E-state index contributed by atoms with van der Waals surface area (Å²) in [4.78, 5) is 18.2. The van der Waals surface area contributed by atoms with E-state index >= 15 is 0 Å². The van der Waals surface area contributed by atoms with Crippen molar-refractivity contribution in [3.63, 3.8) is 0 Å². The minimum Gasteiger partial charge on any atom is -0.726 e. The van der Waals surface area contributed by atoms with Crippen LogP contribution in [0, 0.1) is 5.92 Å². The molecule has 0 bridgehead atoms. The van der Waals surface area contributed by atoms with Gasteiger partial charge in [0, 0.05) is 20.1 Å². The van der Waals surface area contributed by atoms with Gasteiger partial charge in [0.05, 0.1) is 25.4 Å². The predicted octanol–water partition coefficient (Wildman–Crippen LogP) is -7.53. The van der Waals surface area contributed by atoms with E-state index in [2.05, 4.69) is 48.1 Å². The van der Waals surface area contributed by atoms with Crippen LogP contribution in [0.2, 0.25) is 0 Å². The van der Waals surface area contributed by atoms with Crippen LogP contribution in [0.3, 0.4) is 0 Å². The molecule has 0 radical (unpaired) electrons. The summed E-state index contributed by atoms with van der Waals surface area (Å²) in [5, 5.41) is 57.1. The van der Waals surface area contributed by atoms with E-state index in [-0.39, 0.29) is 0 Å². The Balaban J connectivity index is 2.53. The van der Waals surface area contributed by atoms with E-state index in [1.807, 2.05) is 0 Å². The Kier molecular flexibility index (Phi) is 14.9. The first kappa shape index (κ1) is 36.3. The molecule has 244 valence electrons. The Morgan fingerprint density at radius 2 is 1.07 bits per heavy atom. The second-order valence-corrected chi connectivity index (χ2v) is 10.1. The fraction of sp³-hybridized carbons (Fsp3) is 1.00. The third kappa shape index (κ3) is 10.6. The average molecular weight is 650 g/mol. The fourth-order valence-corrected chi connectivity index (χ4v) is 5.00. The van der Waals surface area contributed by atoms with Crippen LogP contribution in [0.4, 0.5) is 0 Å². The van der Waals surface area contributed by atoms with E-state index in [0.29, 0.717) is 0 Å². The summed E-state index contributed by atoms with van der Waals surface area (Å²) in [6.07, 6.45) is -16.2. The van der Waals surface area contributed by atoms with Crippen molar-refractivity contribution in [2.24, 2.45) is 5.92 Å². The minimum atomic E-state index is -5.35. The lowest BCUT2D eigenvalue weighted by Gasteiger charge is -2.49. The molecule has 26 heteroatoms. The Labute approximate surface area is 230 Å². The van der Waals surface area contributed by atoms with Crippen LogP contribution in [-0.2, 0) is 87.8 Å². The van der Waals surface area contributed by atoms with Crippen LogP contribution < -0.4 is 21.0 Å². The summed E-state index contributed by atoms with van der Waals surface area (Å²) in [6.45, 7) is -2.17. The van der Waals surface area contributed by atoms with Gasteiger partial charge in [-0.2, -0.15) is 0 Å². The highest BCUT2D eigenvalue weighted by molar-refractivity contribution is 7.81. The van der Waals surface area contributed by atoms with Crippen molar-refractivity contribution in [3.8, 4) is 0 Å². The normalized spacial score (nSPS) is 35.0. The van der Waals surface area contributed by atoms with Crippen LogP contribution in [0.1, 0.15) is 6.42 Å². The van der Waals surface area contributed by atoms with Crippen molar-refractivity contribution in [3.05, 3.63) is 0 Å². The van der Waals surface area contributed by atoms with Crippen LogP contribution in [-0.4, -0.2) is 108 Å². The van der Waals surface area contributed by atoms with E-state index in [0.717, 1.165) is 14.2 Å². The molecule has 2 fully saturated rings. The summed E-state index contributed by atoms with van der Waals surface area (Å²) in [7, 11) is -8.66. The van der Waals surface area contributed by atoms with Gasteiger partial charge in [0.15, 0.2) is 24.6 Å². The highest BCUT2D eigenvalue weighted by Crippen LogP contribution is 2.38. The van der Waals surface area contributed by atoms with Gasteiger partial charge in [-0.3, -0.25) is 28.5 Å². The molecule has 24 nitrogen and oxygen atoms in total. The van der Waals surface area contributed by atoms with Crippen LogP contribution in [0.25, 0.3) is 0 Å². The van der Waals surface area contributed by atoms with Crippen LogP contribution in [0.5, 0.6) is 0 Å². The van der Waals surface area contributed by atoms with Gasteiger partial charge in [-0.1, -0.05) is 0 Å². The van der Waals surface area contributed by atoms with Crippen molar-refractivity contribution in [2.75, 3.05) is 27.4 Å². The highest BCUT2D eigenvalue weighted by atomic mass is 32.3. The Hall–Kier alpha value is -0.900. The second kappa shape index (κ2) is 16.8. The fourth-order valence-electron chi connectivity index (χ4n) is 4.40. The smallest absolute Gasteiger partial charge is 0.217 e. The van der Waals surface area contributed by atoms with E-state index in [1.165, 1.54) is 0 Å². The molecule has 0 N–H and O–H groups in total. The molecule has 2 rings (SSSR count). The largest absolute Gasteiger partial charge is 0.726 e. The van der Waals surface area contributed by atoms with Gasteiger partial charge in [-0.05, 0) is 6.42 Å². The second-order valence-electron chi connectivity index (χ2n) is 7.99. The molecule has 0 saturated carbocycles. The predicted molar refractivity (Wildman–Crippen MR) is 98.4 cm³/mol. The van der Waals surface area contributed by atoms with Crippen molar-refractivity contribution >= 4 is 20.8 Å². The summed E-state index contributed by atoms with van der Waals surface area (Å²) in [6, 6.07) is 0. The summed E-state index contributed by atoms with van der Waals surface area (Å²) >= 11 is 0. The standard InChI is InChI=1S/C15H28O24S2/c1-26-11-9(5-29-41(23,24)25)30-7(12(33-37-17)13(11)34-38-18)3-6-8(4-28-40(20,21)22)31-15(27-2)14(35-39-19)10(6)32-36-16/h6-19H,3-5H2,1-2H3,(H,20,21,22)(H,23,24,25)/p-6/t6-,7+,8?,9+,10+,11-,12?,13?,14?,15-/m1/s1. The van der Waals surface area contributed by atoms with Crippen molar-refractivity contribution in [1.82, 2.24) is 0 Å². The van der Waals surface area contributed by atoms with E-state index in [4.69, 9.17) is 18.9 Å². The van der Waals surface area contributed by atoms with Gasteiger partial charge >= 0.3 is 0 Å². The molecule has 0 spiro atoms. The van der Waals surface area contributed by atoms with Gasteiger partial charge in [0.1, 0.15) is 18.3 Å². The van der Waals surface area contributed by atoms with E-state index < -0.39 is 101 Å². The van der Waals surface area contributed by atoms with E-state index in [1.54, 1.807) is 0 Å². The zero-order valence-corrected chi connectivity index (χ0v) is 22.1. The van der Waals surface area contributed by atoms with Gasteiger partial charge in [0.25, 0.3) is 0 Å². The highest BCUT2D eigenvalue weighted by Gasteiger charge is 2.54. The molecule has 4 unspecified atom stereocenters. The first-order valence-corrected chi connectivity index (χ1v) is 13.4. The lowest BCUT2D eigenvalue weighted by Crippen LogP contribution is -2.64. The number of methoxy groups -OCH3 is 2. The molecular weight excluding hydrogens is 628 g/mol. The SMILES string of the molecule is CO[C@@H]1OC(COS(=O)(=O)[O-])[C@@H](C[C@@H]2O[C@@H](COS(=O)(=O)[O-])[C@@H](OC)C(OO[O-])C2OO[O-])[C@H](OO[O-])C1OO[O-]. The quantitative estimate of drug-likeness (QED) is 0.0575. The molecule has 10 atom stereocenters. The topological polar surface area (TPSA) is 336 Å². The van der Waals surface area contributed by atoms with Gasteiger partial charge in [-0.25, -0.2) is 36.4 Å². The Morgan fingerprint density at radius 1 is 0.585 bits per heavy atom. The summed E-state index contributed by atoms with van der Waals surface area (Å²) in [5.74, 6) is -1.54. The Morgan fingerprint density at radius 3 is 1.56 bits per heavy atom. The molecule has 41 heavy (non-hydrogen) atoms. The third-order valence-electron chi connectivity index (χ3n) is 5.89. The van der Waals surface area contributed by atoms with Crippen molar-refractivity contribution in [2.45, 2.75) is 61.5 Å². The number of ether oxygens (including phenoxy) is 4. The molecule has 2 heterocycles. The molecule has 0 aromatic heterocycles. The molecule has 2 aliphatic heterocycles. The first-order chi connectivity index (χ1) is 19.3. The molecule has 0 aromatic rings. The Bertz CT molecular complexity index is 962. The third-order valence-corrected chi connectivity index (χ3v) is 6.74. The first-order valence-electron chi connectivity index (χ1n) is 10.7. The monoisotopic (exact) mass is 650 g/mol. The molecule has 2 aliphatic rings. The lowest BCUT2D eigenvalue weighted by atomic mass is 9.81. The molecular formula is C15H22O24S2-6. The minimum absolute atomic E-state index is 0.708. The van der Waals surface area contributed by atoms with E-state index in [9.17, 15) is 47.0 Å². The van der Waals surface area contributed by atoms with Gasteiger partial charge in [0.2, 0.25) is 20.8 Å². The number of rotatable bonds is 18. The van der Waals surface area contributed by atoms with Crippen molar-refractivity contribution < 1.29 is 114 Å². The molecule has 0 aromatic carbocycles. The zero-order valence-electron chi connectivity index (χ0n) is 20.5.